The van der Waals surface area contributed by atoms with Crippen LogP contribution in [-0.2, 0) is 11.2 Å². The summed E-state index contributed by atoms with van der Waals surface area (Å²) < 4.78 is 0. The molecule has 0 saturated carbocycles. The van der Waals surface area contributed by atoms with Crippen LogP contribution in [0, 0.1) is 12.8 Å². The van der Waals surface area contributed by atoms with Gasteiger partial charge in [0.1, 0.15) is 0 Å². The highest BCUT2D eigenvalue weighted by Gasteiger charge is 2.31. The molecule has 2 aromatic rings. The molecule has 0 spiro atoms. The van der Waals surface area contributed by atoms with Crippen LogP contribution in [0.2, 0.25) is 0 Å². The molecule has 0 bridgehead atoms. The van der Waals surface area contributed by atoms with Gasteiger partial charge in [0.2, 0.25) is 5.91 Å². The van der Waals surface area contributed by atoms with E-state index in [1.165, 1.54) is 0 Å². The Balaban J connectivity index is 1.58. The molecular formula is C18H22N4O2. The molecule has 1 aromatic carbocycles. The van der Waals surface area contributed by atoms with E-state index < -0.39 is 0 Å². The van der Waals surface area contributed by atoms with E-state index in [1.807, 2.05) is 44.2 Å². The lowest BCUT2D eigenvalue weighted by Gasteiger charge is -2.16. The van der Waals surface area contributed by atoms with E-state index in [9.17, 15) is 9.59 Å². The molecule has 6 heteroatoms. The molecule has 1 aliphatic heterocycles. The summed E-state index contributed by atoms with van der Waals surface area (Å²) in [7, 11) is 0. The van der Waals surface area contributed by atoms with Crippen LogP contribution < -0.4 is 10.2 Å². The maximum Gasteiger partial charge on any atom is 0.272 e. The first kappa shape index (κ1) is 16.2. The van der Waals surface area contributed by atoms with E-state index in [2.05, 4.69) is 15.5 Å². The second-order valence-electron chi connectivity index (χ2n) is 6.15. The van der Waals surface area contributed by atoms with Gasteiger partial charge in [0, 0.05) is 42.4 Å². The van der Waals surface area contributed by atoms with Gasteiger partial charge in [-0.2, -0.15) is 5.10 Å². The first-order valence-corrected chi connectivity index (χ1v) is 8.27. The number of rotatable bonds is 5. The Morgan fingerprint density at radius 2 is 2.12 bits per heavy atom. The number of benzene rings is 1. The third-order valence-corrected chi connectivity index (χ3v) is 4.50. The first-order valence-electron chi connectivity index (χ1n) is 8.27. The molecule has 1 fully saturated rings. The number of aromatic amines is 1. The summed E-state index contributed by atoms with van der Waals surface area (Å²) in [5.41, 5.74) is 3.22. The molecule has 1 unspecified atom stereocenters. The van der Waals surface area contributed by atoms with Crippen molar-refractivity contribution in [2.45, 2.75) is 26.7 Å². The van der Waals surface area contributed by atoms with Crippen molar-refractivity contribution < 1.29 is 9.59 Å². The summed E-state index contributed by atoms with van der Waals surface area (Å²) in [6, 6.07) is 9.63. The molecule has 2 amide bonds. The molecule has 3 rings (SSSR count). The summed E-state index contributed by atoms with van der Waals surface area (Å²) in [6.45, 7) is 5.02. The zero-order valence-electron chi connectivity index (χ0n) is 14.0. The summed E-state index contributed by atoms with van der Waals surface area (Å²) in [5, 5.41) is 9.90. The van der Waals surface area contributed by atoms with Crippen LogP contribution in [0.1, 0.15) is 35.1 Å². The van der Waals surface area contributed by atoms with Crippen LogP contribution in [0.5, 0.6) is 0 Å². The lowest BCUT2D eigenvalue weighted by atomic mass is 10.1. The second kappa shape index (κ2) is 6.86. The number of hydrogen-bond acceptors (Lipinski definition) is 3. The Hall–Kier alpha value is -2.63. The Bertz CT molecular complexity index is 739. The molecule has 1 atom stereocenters. The van der Waals surface area contributed by atoms with E-state index in [-0.39, 0.29) is 17.7 Å². The van der Waals surface area contributed by atoms with Gasteiger partial charge in [0.25, 0.3) is 5.91 Å². The average molecular weight is 326 g/mol. The van der Waals surface area contributed by atoms with Crippen LogP contribution in [0.3, 0.4) is 0 Å². The van der Waals surface area contributed by atoms with Gasteiger partial charge < -0.3 is 10.2 Å². The average Bonchev–Trinajstić information content (AvgIpc) is 3.16. The largest absolute Gasteiger partial charge is 0.350 e. The van der Waals surface area contributed by atoms with Crippen LogP contribution in [0.4, 0.5) is 5.69 Å². The van der Waals surface area contributed by atoms with Gasteiger partial charge in [-0.1, -0.05) is 25.1 Å². The first-order chi connectivity index (χ1) is 11.6. The van der Waals surface area contributed by atoms with Crippen LogP contribution in [0.15, 0.2) is 30.3 Å². The molecule has 1 aromatic heterocycles. The monoisotopic (exact) mass is 326 g/mol. The number of aromatic nitrogens is 2. The summed E-state index contributed by atoms with van der Waals surface area (Å²) >= 11 is 0. The van der Waals surface area contributed by atoms with E-state index in [1.54, 1.807) is 4.90 Å². The highest BCUT2D eigenvalue weighted by molar-refractivity contribution is 5.96. The SMILES string of the molecule is CCc1[nH]nc(C(=O)NCC2CC(=O)N(c3ccccc3)C2)c1C. The Morgan fingerprint density at radius 3 is 2.79 bits per heavy atom. The summed E-state index contributed by atoms with van der Waals surface area (Å²) in [6.07, 6.45) is 1.27. The van der Waals surface area contributed by atoms with Gasteiger partial charge in [0.05, 0.1) is 0 Å². The van der Waals surface area contributed by atoms with Gasteiger partial charge in [-0.15, -0.1) is 0 Å². The Kier molecular flexibility index (Phi) is 4.64. The molecule has 1 aliphatic rings. The van der Waals surface area contributed by atoms with E-state index in [0.29, 0.717) is 25.2 Å². The predicted molar refractivity (Wildman–Crippen MR) is 91.9 cm³/mol. The van der Waals surface area contributed by atoms with E-state index in [4.69, 9.17) is 0 Å². The molecule has 2 N–H and O–H groups in total. The van der Waals surface area contributed by atoms with Crippen molar-refractivity contribution >= 4 is 17.5 Å². The van der Waals surface area contributed by atoms with Crippen LogP contribution in [-0.4, -0.2) is 35.1 Å². The standard InChI is InChI=1S/C18H22N4O2/c1-3-15-12(2)17(21-20-15)18(24)19-10-13-9-16(23)22(11-13)14-7-5-4-6-8-14/h4-8,13H,3,9-11H2,1-2H3,(H,19,24)(H,20,21). The third-order valence-electron chi connectivity index (χ3n) is 4.50. The summed E-state index contributed by atoms with van der Waals surface area (Å²) in [5.74, 6) is 0.0327. The fourth-order valence-corrected chi connectivity index (χ4v) is 3.10. The van der Waals surface area contributed by atoms with Gasteiger partial charge in [-0.25, -0.2) is 0 Å². The van der Waals surface area contributed by atoms with Crippen molar-refractivity contribution in [1.29, 1.82) is 0 Å². The fourth-order valence-electron chi connectivity index (χ4n) is 3.10. The highest BCUT2D eigenvalue weighted by Crippen LogP contribution is 2.24. The molecule has 0 radical (unpaired) electrons. The highest BCUT2D eigenvalue weighted by atomic mass is 16.2. The van der Waals surface area contributed by atoms with Crippen molar-refractivity contribution in [3.8, 4) is 0 Å². The number of aryl methyl sites for hydroxylation is 1. The second-order valence-corrected chi connectivity index (χ2v) is 6.15. The molecule has 0 aliphatic carbocycles. The number of para-hydroxylation sites is 1. The fraction of sp³-hybridized carbons (Fsp3) is 0.389. The van der Waals surface area contributed by atoms with Gasteiger partial charge in [-0.3, -0.25) is 14.7 Å². The third kappa shape index (κ3) is 3.18. The Morgan fingerprint density at radius 1 is 1.38 bits per heavy atom. The number of hydrogen-bond donors (Lipinski definition) is 2. The Labute approximate surface area is 141 Å². The molecule has 1 saturated heterocycles. The topological polar surface area (TPSA) is 78.1 Å². The van der Waals surface area contributed by atoms with Crippen molar-refractivity contribution in [2.24, 2.45) is 5.92 Å². The van der Waals surface area contributed by atoms with Crippen LogP contribution >= 0.6 is 0 Å². The molecule has 126 valence electrons. The predicted octanol–water partition coefficient (Wildman–Crippen LogP) is 2.06. The molecule has 2 heterocycles. The number of H-pyrrole nitrogens is 1. The smallest absolute Gasteiger partial charge is 0.272 e. The van der Waals surface area contributed by atoms with E-state index >= 15 is 0 Å². The minimum absolute atomic E-state index is 0.102. The van der Waals surface area contributed by atoms with Crippen molar-refractivity contribution in [3.63, 3.8) is 0 Å². The number of nitrogens with zero attached hydrogens (tertiary/aromatic N) is 2. The molecule has 24 heavy (non-hydrogen) atoms. The van der Waals surface area contributed by atoms with Crippen molar-refractivity contribution in [1.82, 2.24) is 15.5 Å². The molecule has 6 nitrogen and oxygen atoms in total. The van der Waals surface area contributed by atoms with E-state index in [0.717, 1.165) is 23.4 Å². The van der Waals surface area contributed by atoms with Gasteiger partial charge in [0.15, 0.2) is 5.69 Å². The van der Waals surface area contributed by atoms with Gasteiger partial charge >= 0.3 is 0 Å². The number of carbonyl (C=O) groups is 2. The lowest BCUT2D eigenvalue weighted by molar-refractivity contribution is -0.117. The van der Waals surface area contributed by atoms with Crippen molar-refractivity contribution in [3.05, 3.63) is 47.3 Å². The number of carbonyl (C=O) groups excluding carboxylic acids is 2. The number of anilines is 1. The normalized spacial score (nSPS) is 17.3. The minimum atomic E-state index is -0.186. The van der Waals surface area contributed by atoms with Crippen LogP contribution in [0.25, 0.3) is 0 Å². The maximum atomic E-state index is 12.3. The number of amides is 2. The van der Waals surface area contributed by atoms with Gasteiger partial charge in [-0.05, 0) is 25.5 Å². The zero-order chi connectivity index (χ0) is 17.1. The number of nitrogens with one attached hydrogen (secondary N) is 2. The lowest BCUT2D eigenvalue weighted by Crippen LogP contribution is -2.31. The quantitative estimate of drug-likeness (QED) is 0.883. The van der Waals surface area contributed by atoms with Crippen molar-refractivity contribution in [2.75, 3.05) is 18.0 Å². The summed E-state index contributed by atoms with van der Waals surface area (Å²) in [4.78, 5) is 26.3. The minimum Gasteiger partial charge on any atom is -0.350 e. The molecular weight excluding hydrogens is 304 g/mol. The maximum absolute atomic E-state index is 12.3. The zero-order valence-corrected chi connectivity index (χ0v) is 14.0.